The average Bonchev–Trinajstić information content (AvgIpc) is 3.37. The Morgan fingerprint density at radius 1 is 1.15 bits per heavy atom. The van der Waals surface area contributed by atoms with Crippen molar-refractivity contribution in [3.63, 3.8) is 0 Å². The van der Waals surface area contributed by atoms with E-state index in [2.05, 4.69) is 51.2 Å². The van der Waals surface area contributed by atoms with Gasteiger partial charge in [-0.1, -0.05) is 49.3 Å². The van der Waals surface area contributed by atoms with Crippen LogP contribution in [0.15, 0.2) is 39.3 Å². The van der Waals surface area contributed by atoms with Crippen molar-refractivity contribution in [3.8, 4) is 0 Å². The largest absolute Gasteiger partial charge is 0.424 e. The maximum Gasteiger partial charge on any atom is 0.230 e. The Hall–Kier alpha value is -2.54. The van der Waals surface area contributed by atoms with E-state index in [0.717, 1.165) is 30.8 Å². The molecule has 3 aromatic rings. The lowest BCUT2D eigenvalue weighted by Gasteiger charge is -2.19. The summed E-state index contributed by atoms with van der Waals surface area (Å²) >= 11 is 0. The fourth-order valence-electron chi connectivity index (χ4n) is 3.29. The number of hydrogen-bond donors (Lipinski definition) is 0. The lowest BCUT2D eigenvalue weighted by molar-refractivity contribution is 0.210. The predicted molar refractivity (Wildman–Crippen MR) is 94.3 cm³/mol. The van der Waals surface area contributed by atoms with Gasteiger partial charge >= 0.3 is 0 Å². The molecule has 1 aliphatic heterocycles. The van der Waals surface area contributed by atoms with E-state index in [0.29, 0.717) is 30.6 Å². The van der Waals surface area contributed by atoms with E-state index in [4.69, 9.17) is 8.94 Å². The molecule has 7 nitrogen and oxygen atoms in total. The zero-order valence-corrected chi connectivity index (χ0v) is 15.1. The monoisotopic (exact) mass is 353 g/mol. The van der Waals surface area contributed by atoms with E-state index in [1.54, 1.807) is 0 Å². The Balaban J connectivity index is 1.43. The molecule has 26 heavy (non-hydrogen) atoms. The molecule has 136 valence electrons. The molecular formula is C19H23N5O2. The van der Waals surface area contributed by atoms with Crippen molar-refractivity contribution < 1.29 is 8.94 Å². The second kappa shape index (κ2) is 7.37. The molecule has 0 bridgehead atoms. The molecule has 0 aliphatic carbocycles. The van der Waals surface area contributed by atoms with Crippen LogP contribution in [0.25, 0.3) is 0 Å². The summed E-state index contributed by atoms with van der Waals surface area (Å²) < 4.78 is 11.2. The first-order valence-corrected chi connectivity index (χ1v) is 9.12. The van der Waals surface area contributed by atoms with Crippen LogP contribution in [0.1, 0.15) is 67.7 Å². The van der Waals surface area contributed by atoms with Crippen molar-refractivity contribution in [2.24, 2.45) is 0 Å². The first-order chi connectivity index (χ1) is 12.7. The Morgan fingerprint density at radius 2 is 1.96 bits per heavy atom. The van der Waals surface area contributed by atoms with Crippen molar-refractivity contribution >= 4 is 0 Å². The number of rotatable bonds is 6. The molecule has 1 unspecified atom stereocenters. The molecule has 0 saturated carbocycles. The summed E-state index contributed by atoms with van der Waals surface area (Å²) in [5, 5.41) is 12.6. The summed E-state index contributed by atoms with van der Waals surface area (Å²) in [5.41, 5.74) is 1.16. The number of nitrogens with zero attached hydrogens (tertiary/aromatic N) is 5. The van der Waals surface area contributed by atoms with E-state index in [-0.39, 0.29) is 12.0 Å². The van der Waals surface area contributed by atoms with Gasteiger partial charge in [-0.15, -0.1) is 10.2 Å². The van der Waals surface area contributed by atoms with E-state index in [9.17, 15) is 0 Å². The van der Waals surface area contributed by atoms with Crippen LogP contribution in [-0.2, 0) is 13.0 Å². The molecule has 2 aromatic heterocycles. The normalized spacial score (nSPS) is 18.0. The van der Waals surface area contributed by atoms with Crippen LogP contribution in [0.2, 0.25) is 0 Å². The molecule has 0 amide bonds. The minimum absolute atomic E-state index is 0.149. The van der Waals surface area contributed by atoms with Crippen LogP contribution in [0.3, 0.4) is 0 Å². The van der Waals surface area contributed by atoms with Crippen LogP contribution >= 0.6 is 0 Å². The molecule has 7 heteroatoms. The molecule has 1 atom stereocenters. The summed E-state index contributed by atoms with van der Waals surface area (Å²) in [6, 6.07) is 10.3. The summed E-state index contributed by atoms with van der Waals surface area (Å²) in [4.78, 5) is 6.85. The van der Waals surface area contributed by atoms with Gasteiger partial charge in [0, 0.05) is 5.92 Å². The quantitative estimate of drug-likeness (QED) is 0.671. The molecule has 0 N–H and O–H groups in total. The molecule has 0 spiro atoms. The van der Waals surface area contributed by atoms with Gasteiger partial charge in [-0.2, -0.15) is 4.98 Å². The Labute approximate surface area is 152 Å². The van der Waals surface area contributed by atoms with Crippen LogP contribution < -0.4 is 0 Å². The number of likely N-dealkylation sites (tertiary alicyclic amines) is 1. The highest BCUT2D eigenvalue weighted by Crippen LogP contribution is 2.32. The third kappa shape index (κ3) is 3.67. The van der Waals surface area contributed by atoms with Crippen LogP contribution in [0.4, 0.5) is 0 Å². The number of aromatic nitrogens is 4. The first kappa shape index (κ1) is 16.9. The summed E-state index contributed by atoms with van der Waals surface area (Å²) in [5.74, 6) is 2.96. The van der Waals surface area contributed by atoms with Crippen LogP contribution in [0.5, 0.6) is 0 Å². The van der Waals surface area contributed by atoms with Crippen molar-refractivity contribution in [3.05, 3.63) is 59.4 Å². The third-order valence-electron chi connectivity index (χ3n) is 4.66. The van der Waals surface area contributed by atoms with Crippen molar-refractivity contribution in [1.29, 1.82) is 0 Å². The van der Waals surface area contributed by atoms with Gasteiger partial charge in [0.25, 0.3) is 0 Å². The molecule has 4 rings (SSSR count). The smallest absolute Gasteiger partial charge is 0.230 e. The highest BCUT2D eigenvalue weighted by molar-refractivity contribution is 5.17. The van der Waals surface area contributed by atoms with Gasteiger partial charge < -0.3 is 8.94 Å². The van der Waals surface area contributed by atoms with Gasteiger partial charge in [-0.05, 0) is 24.9 Å². The molecule has 1 fully saturated rings. The minimum atomic E-state index is 0.149. The van der Waals surface area contributed by atoms with E-state index < -0.39 is 0 Å². The van der Waals surface area contributed by atoms with Gasteiger partial charge in [0.1, 0.15) is 0 Å². The van der Waals surface area contributed by atoms with E-state index in [1.165, 1.54) is 0 Å². The fourth-order valence-corrected chi connectivity index (χ4v) is 3.29. The van der Waals surface area contributed by atoms with Gasteiger partial charge in [0.15, 0.2) is 5.82 Å². The summed E-state index contributed by atoms with van der Waals surface area (Å²) in [6.07, 6.45) is 2.77. The van der Waals surface area contributed by atoms with Gasteiger partial charge in [-0.25, -0.2) is 0 Å². The lowest BCUT2D eigenvalue weighted by atomic mass is 10.2. The third-order valence-corrected chi connectivity index (χ3v) is 4.66. The maximum atomic E-state index is 5.85. The molecule has 1 saturated heterocycles. The van der Waals surface area contributed by atoms with E-state index in [1.807, 2.05) is 18.2 Å². The molecular weight excluding hydrogens is 330 g/mol. The Morgan fingerprint density at radius 3 is 2.73 bits per heavy atom. The zero-order valence-electron chi connectivity index (χ0n) is 15.1. The molecule has 0 radical (unpaired) electrons. The second-order valence-corrected chi connectivity index (χ2v) is 7.03. The van der Waals surface area contributed by atoms with Crippen LogP contribution in [0, 0.1) is 0 Å². The molecule has 1 aromatic carbocycles. The lowest BCUT2D eigenvalue weighted by Crippen LogP contribution is -2.23. The molecule has 1 aliphatic rings. The van der Waals surface area contributed by atoms with Gasteiger partial charge in [0.2, 0.25) is 17.7 Å². The summed E-state index contributed by atoms with van der Waals surface area (Å²) in [6.45, 7) is 5.68. The maximum absolute atomic E-state index is 5.85. The first-order valence-electron chi connectivity index (χ1n) is 9.12. The zero-order chi connectivity index (χ0) is 17.9. The van der Waals surface area contributed by atoms with Crippen molar-refractivity contribution in [1.82, 2.24) is 25.2 Å². The van der Waals surface area contributed by atoms with E-state index >= 15 is 0 Å². The standard InChI is InChI=1S/C19H23N5O2/c1-13(2)19-20-18(23-26-19)15-9-6-10-24(15)12-17-22-21-16(25-17)11-14-7-4-3-5-8-14/h3-5,7-8,13,15H,6,9-12H2,1-2H3. The van der Waals surface area contributed by atoms with Gasteiger partial charge in [0.05, 0.1) is 19.0 Å². The van der Waals surface area contributed by atoms with Crippen LogP contribution in [-0.4, -0.2) is 31.8 Å². The van der Waals surface area contributed by atoms with Crippen molar-refractivity contribution in [2.75, 3.05) is 6.54 Å². The second-order valence-electron chi connectivity index (χ2n) is 7.03. The number of hydrogen-bond acceptors (Lipinski definition) is 7. The Kier molecular flexibility index (Phi) is 4.79. The minimum Gasteiger partial charge on any atom is -0.424 e. The fraction of sp³-hybridized carbons (Fsp3) is 0.474. The highest BCUT2D eigenvalue weighted by Gasteiger charge is 2.31. The summed E-state index contributed by atoms with van der Waals surface area (Å²) in [7, 11) is 0. The van der Waals surface area contributed by atoms with Crippen molar-refractivity contribution in [2.45, 2.75) is 51.6 Å². The average molecular weight is 353 g/mol. The number of benzene rings is 1. The predicted octanol–water partition coefficient (Wildman–Crippen LogP) is 3.50. The SMILES string of the molecule is CC(C)c1nc(C2CCCN2Cc2nnc(Cc3ccccc3)o2)no1. The topological polar surface area (TPSA) is 81.1 Å². The Bertz CT molecular complexity index is 843. The molecule has 3 heterocycles. The van der Waals surface area contributed by atoms with Gasteiger partial charge in [-0.3, -0.25) is 4.90 Å². The highest BCUT2D eigenvalue weighted by atomic mass is 16.5.